The topological polar surface area (TPSA) is 88.2 Å². The average Bonchev–Trinajstić information content (AvgIpc) is 2.68. The van der Waals surface area contributed by atoms with Crippen LogP contribution in [0.1, 0.15) is 75.1 Å². The fraction of sp³-hybridized carbons (Fsp3) is 0.786. The number of aliphatic hydroxyl groups is 1. The maximum atomic E-state index is 11.3. The summed E-state index contributed by atoms with van der Waals surface area (Å²) in [5.74, 6) is -1.07. The van der Waals surface area contributed by atoms with Crippen molar-refractivity contribution in [2.24, 2.45) is 0 Å². The third-order valence-corrected chi connectivity index (χ3v) is 3.87. The number of aromatic carboxylic acids is 1. The molecule has 0 spiro atoms. The Hall–Kier alpha value is -1.43. The van der Waals surface area contributed by atoms with Crippen molar-refractivity contribution in [2.45, 2.75) is 70.4 Å². The Kier molecular flexibility index (Phi) is 4.13. The van der Waals surface area contributed by atoms with Crippen LogP contribution in [0.25, 0.3) is 0 Å². The first-order valence-corrected chi connectivity index (χ1v) is 7.19. The van der Waals surface area contributed by atoms with Gasteiger partial charge < -0.3 is 10.2 Å². The van der Waals surface area contributed by atoms with Crippen LogP contribution in [0.5, 0.6) is 0 Å². The number of carboxylic acid groups (broad SMARTS) is 1. The summed E-state index contributed by atoms with van der Waals surface area (Å²) in [6, 6.07) is -0.174. The zero-order valence-electron chi connectivity index (χ0n) is 12.3. The number of carboxylic acids is 1. The van der Waals surface area contributed by atoms with Gasteiger partial charge in [0.2, 0.25) is 0 Å². The molecule has 0 aliphatic heterocycles. The number of hydrogen-bond donors (Lipinski definition) is 2. The highest BCUT2D eigenvalue weighted by Crippen LogP contribution is 2.33. The Balaban J connectivity index is 2.48. The monoisotopic (exact) mass is 281 g/mol. The summed E-state index contributed by atoms with van der Waals surface area (Å²) in [5.41, 5.74) is 0.202. The Labute approximate surface area is 118 Å². The molecule has 2 N–H and O–H groups in total. The first-order chi connectivity index (χ1) is 9.32. The SMILES string of the molecule is CC(C)(C)c1c(C(=O)O)nnn1C1CCCCCC1O. The molecule has 20 heavy (non-hydrogen) atoms. The van der Waals surface area contributed by atoms with Gasteiger partial charge >= 0.3 is 5.97 Å². The summed E-state index contributed by atoms with van der Waals surface area (Å²) in [6.45, 7) is 5.83. The lowest BCUT2D eigenvalue weighted by Crippen LogP contribution is -2.30. The fourth-order valence-corrected chi connectivity index (χ4v) is 2.92. The quantitative estimate of drug-likeness (QED) is 0.811. The van der Waals surface area contributed by atoms with Gasteiger partial charge in [0, 0.05) is 5.41 Å². The maximum absolute atomic E-state index is 11.3. The van der Waals surface area contributed by atoms with Gasteiger partial charge in [-0.1, -0.05) is 45.2 Å². The Morgan fingerprint density at radius 3 is 2.50 bits per heavy atom. The van der Waals surface area contributed by atoms with E-state index in [1.807, 2.05) is 20.8 Å². The minimum absolute atomic E-state index is 0.00560. The number of aliphatic hydroxyl groups excluding tert-OH is 1. The number of nitrogens with zero attached hydrogens (tertiary/aromatic N) is 3. The Morgan fingerprint density at radius 2 is 1.90 bits per heavy atom. The molecule has 6 heteroatoms. The molecule has 0 bridgehead atoms. The molecule has 1 aliphatic carbocycles. The summed E-state index contributed by atoms with van der Waals surface area (Å²) in [4.78, 5) is 11.3. The zero-order chi connectivity index (χ0) is 14.9. The minimum Gasteiger partial charge on any atom is -0.476 e. The first-order valence-electron chi connectivity index (χ1n) is 7.19. The van der Waals surface area contributed by atoms with E-state index in [1.54, 1.807) is 4.68 Å². The van der Waals surface area contributed by atoms with Crippen molar-refractivity contribution in [3.63, 3.8) is 0 Å². The molecule has 0 radical (unpaired) electrons. The van der Waals surface area contributed by atoms with Crippen LogP contribution in [0.4, 0.5) is 0 Å². The molecule has 0 amide bonds. The normalized spacial score (nSPS) is 24.4. The summed E-state index contributed by atoms with van der Waals surface area (Å²) >= 11 is 0. The van der Waals surface area contributed by atoms with Crippen LogP contribution in [0, 0.1) is 0 Å². The number of hydrogen-bond acceptors (Lipinski definition) is 4. The molecule has 2 rings (SSSR count). The zero-order valence-corrected chi connectivity index (χ0v) is 12.3. The molecule has 0 aromatic carbocycles. The van der Waals surface area contributed by atoms with Crippen LogP contribution in [0.3, 0.4) is 0 Å². The summed E-state index contributed by atoms with van der Waals surface area (Å²) in [6.07, 6.45) is 4.18. The lowest BCUT2D eigenvalue weighted by molar-refractivity contribution is 0.0685. The highest BCUT2D eigenvalue weighted by Gasteiger charge is 2.34. The second-order valence-corrected chi connectivity index (χ2v) is 6.56. The van der Waals surface area contributed by atoms with Crippen molar-refractivity contribution < 1.29 is 15.0 Å². The Bertz CT molecular complexity index is 490. The van der Waals surface area contributed by atoms with Gasteiger partial charge in [-0.05, 0) is 12.8 Å². The molecule has 1 aromatic heterocycles. The Morgan fingerprint density at radius 1 is 1.25 bits per heavy atom. The standard InChI is InChI=1S/C14H23N3O3/c1-14(2,3)12-11(13(19)20)15-16-17(12)9-7-5-4-6-8-10(9)18/h9-10,18H,4-8H2,1-3H3,(H,19,20). The molecular weight excluding hydrogens is 258 g/mol. The smallest absolute Gasteiger partial charge is 0.358 e. The molecule has 6 nitrogen and oxygen atoms in total. The van der Waals surface area contributed by atoms with Gasteiger partial charge in [0.25, 0.3) is 0 Å². The van der Waals surface area contributed by atoms with Crippen molar-refractivity contribution in [1.82, 2.24) is 15.0 Å². The number of carbonyl (C=O) groups is 1. The molecule has 1 fully saturated rings. The van der Waals surface area contributed by atoms with Crippen molar-refractivity contribution in [3.8, 4) is 0 Å². The number of aromatic nitrogens is 3. The second-order valence-electron chi connectivity index (χ2n) is 6.56. The summed E-state index contributed by atoms with van der Waals surface area (Å²) in [7, 11) is 0. The van der Waals surface area contributed by atoms with Crippen molar-refractivity contribution in [2.75, 3.05) is 0 Å². The van der Waals surface area contributed by atoms with E-state index in [0.717, 1.165) is 32.1 Å². The van der Waals surface area contributed by atoms with E-state index in [9.17, 15) is 15.0 Å². The van der Waals surface area contributed by atoms with Crippen LogP contribution < -0.4 is 0 Å². The lowest BCUT2D eigenvalue weighted by atomic mass is 9.89. The van der Waals surface area contributed by atoms with Crippen LogP contribution in [0.15, 0.2) is 0 Å². The molecular formula is C14H23N3O3. The van der Waals surface area contributed by atoms with E-state index in [4.69, 9.17) is 0 Å². The van der Waals surface area contributed by atoms with Gasteiger partial charge in [-0.25, -0.2) is 9.48 Å². The largest absolute Gasteiger partial charge is 0.476 e. The molecule has 1 aliphatic rings. The predicted molar refractivity (Wildman–Crippen MR) is 73.8 cm³/mol. The van der Waals surface area contributed by atoms with Gasteiger partial charge in [0.05, 0.1) is 17.8 Å². The van der Waals surface area contributed by atoms with E-state index in [-0.39, 0.29) is 17.2 Å². The van der Waals surface area contributed by atoms with Crippen LogP contribution >= 0.6 is 0 Å². The minimum atomic E-state index is -1.07. The molecule has 1 heterocycles. The summed E-state index contributed by atoms with van der Waals surface area (Å²) in [5, 5.41) is 27.5. The molecule has 1 saturated carbocycles. The highest BCUT2D eigenvalue weighted by atomic mass is 16.4. The van der Waals surface area contributed by atoms with Crippen LogP contribution in [-0.4, -0.2) is 37.3 Å². The average molecular weight is 281 g/mol. The molecule has 2 unspecified atom stereocenters. The fourth-order valence-electron chi connectivity index (χ4n) is 2.92. The van der Waals surface area contributed by atoms with E-state index in [1.165, 1.54) is 0 Å². The van der Waals surface area contributed by atoms with Gasteiger partial charge in [-0.15, -0.1) is 5.10 Å². The maximum Gasteiger partial charge on any atom is 0.358 e. The highest BCUT2D eigenvalue weighted by molar-refractivity contribution is 5.86. The van der Waals surface area contributed by atoms with E-state index in [0.29, 0.717) is 5.69 Å². The molecule has 0 saturated heterocycles. The van der Waals surface area contributed by atoms with E-state index < -0.39 is 12.1 Å². The van der Waals surface area contributed by atoms with Gasteiger partial charge in [0.15, 0.2) is 5.69 Å². The van der Waals surface area contributed by atoms with Crippen LogP contribution in [-0.2, 0) is 5.41 Å². The van der Waals surface area contributed by atoms with Gasteiger partial charge in [0.1, 0.15) is 0 Å². The molecule has 2 atom stereocenters. The van der Waals surface area contributed by atoms with E-state index in [2.05, 4.69) is 10.3 Å². The molecule has 112 valence electrons. The van der Waals surface area contributed by atoms with Gasteiger partial charge in [-0.2, -0.15) is 0 Å². The van der Waals surface area contributed by atoms with Crippen molar-refractivity contribution in [3.05, 3.63) is 11.4 Å². The second kappa shape index (κ2) is 5.52. The third kappa shape index (κ3) is 2.85. The van der Waals surface area contributed by atoms with E-state index >= 15 is 0 Å². The number of rotatable bonds is 2. The van der Waals surface area contributed by atoms with Crippen molar-refractivity contribution in [1.29, 1.82) is 0 Å². The lowest BCUT2D eigenvalue weighted by Gasteiger charge is -2.27. The van der Waals surface area contributed by atoms with Gasteiger partial charge in [-0.3, -0.25) is 0 Å². The van der Waals surface area contributed by atoms with Crippen LogP contribution in [0.2, 0.25) is 0 Å². The summed E-state index contributed by atoms with van der Waals surface area (Å²) < 4.78 is 1.65. The first kappa shape index (κ1) is 15.0. The predicted octanol–water partition coefficient (Wildman–Crippen LogP) is 2.14. The van der Waals surface area contributed by atoms with Crippen molar-refractivity contribution >= 4 is 5.97 Å². The molecule has 1 aromatic rings. The third-order valence-electron chi connectivity index (χ3n) is 3.87.